The standard InChI is InChI=1S/C12H22OS/c1-2-3-4-5-6-7-8-11-9-10-12(13)14-11/h11H,2-10H2,1H3. The Balaban J connectivity index is 1.86. The average Bonchev–Trinajstić information content (AvgIpc) is 2.58. The summed E-state index contributed by atoms with van der Waals surface area (Å²) in [5.74, 6) is 0. The molecule has 0 amide bonds. The maximum absolute atomic E-state index is 11.0. The first kappa shape index (κ1) is 12.1. The minimum absolute atomic E-state index is 0.418. The predicted octanol–water partition coefficient (Wildman–Crippen LogP) is 4.16. The molecule has 0 spiro atoms. The fraction of sp³-hybridized carbons (Fsp3) is 0.917. The highest BCUT2D eigenvalue weighted by Crippen LogP contribution is 2.31. The largest absolute Gasteiger partial charge is 0.287 e. The van der Waals surface area contributed by atoms with Gasteiger partial charge in [0.2, 0.25) is 0 Å². The first-order valence-corrected chi connectivity index (χ1v) is 6.90. The molecule has 0 aromatic rings. The van der Waals surface area contributed by atoms with E-state index < -0.39 is 0 Å². The second-order valence-corrected chi connectivity index (χ2v) is 5.56. The van der Waals surface area contributed by atoms with Crippen molar-refractivity contribution in [2.45, 2.75) is 70.0 Å². The van der Waals surface area contributed by atoms with Gasteiger partial charge in [0.15, 0.2) is 5.12 Å². The third-order valence-electron chi connectivity index (χ3n) is 2.85. The van der Waals surface area contributed by atoms with Crippen LogP contribution in [0.2, 0.25) is 0 Å². The molecule has 1 nitrogen and oxygen atoms in total. The summed E-state index contributed by atoms with van der Waals surface area (Å²) in [6.45, 7) is 2.25. The molecule has 0 bridgehead atoms. The van der Waals surface area contributed by atoms with E-state index in [-0.39, 0.29) is 0 Å². The Labute approximate surface area is 92.0 Å². The Morgan fingerprint density at radius 3 is 2.57 bits per heavy atom. The van der Waals surface area contributed by atoms with E-state index in [1.165, 1.54) is 44.9 Å². The summed E-state index contributed by atoms with van der Waals surface area (Å²) < 4.78 is 0. The van der Waals surface area contributed by atoms with Gasteiger partial charge in [-0.05, 0) is 12.8 Å². The minimum Gasteiger partial charge on any atom is -0.287 e. The molecule has 1 fully saturated rings. The highest BCUT2D eigenvalue weighted by Gasteiger charge is 2.21. The molecular formula is C12H22OS. The molecule has 0 aromatic carbocycles. The molecule has 82 valence electrons. The van der Waals surface area contributed by atoms with Gasteiger partial charge in [0, 0.05) is 11.7 Å². The third kappa shape index (κ3) is 5.04. The first-order valence-electron chi connectivity index (χ1n) is 6.02. The average molecular weight is 214 g/mol. The van der Waals surface area contributed by atoms with Gasteiger partial charge in [0.1, 0.15) is 0 Å². The van der Waals surface area contributed by atoms with Gasteiger partial charge in [0.05, 0.1) is 0 Å². The summed E-state index contributed by atoms with van der Waals surface area (Å²) in [4.78, 5) is 11.0. The van der Waals surface area contributed by atoms with E-state index in [4.69, 9.17) is 0 Å². The number of carbonyl (C=O) groups excluding carboxylic acids is 1. The first-order chi connectivity index (χ1) is 6.83. The van der Waals surface area contributed by atoms with Gasteiger partial charge in [-0.15, -0.1) is 0 Å². The number of hydrogen-bond acceptors (Lipinski definition) is 2. The van der Waals surface area contributed by atoms with E-state index in [0.29, 0.717) is 10.4 Å². The number of rotatable bonds is 7. The van der Waals surface area contributed by atoms with E-state index in [1.54, 1.807) is 11.8 Å². The summed E-state index contributed by atoms with van der Waals surface area (Å²) in [5.41, 5.74) is 0. The van der Waals surface area contributed by atoms with Crippen molar-refractivity contribution in [2.75, 3.05) is 0 Å². The second kappa shape index (κ2) is 7.33. The second-order valence-electron chi connectivity index (χ2n) is 4.21. The van der Waals surface area contributed by atoms with E-state index in [0.717, 1.165) is 12.8 Å². The summed E-state index contributed by atoms with van der Waals surface area (Å²) in [7, 11) is 0. The number of thioether (sulfide) groups is 1. The summed E-state index contributed by atoms with van der Waals surface area (Å²) >= 11 is 1.59. The summed E-state index contributed by atoms with van der Waals surface area (Å²) in [6, 6.07) is 0. The Hall–Kier alpha value is 0.0200. The topological polar surface area (TPSA) is 17.1 Å². The van der Waals surface area contributed by atoms with Crippen molar-refractivity contribution in [1.29, 1.82) is 0 Å². The van der Waals surface area contributed by atoms with Crippen LogP contribution in [0.1, 0.15) is 64.7 Å². The van der Waals surface area contributed by atoms with E-state index in [9.17, 15) is 4.79 Å². The fourth-order valence-corrected chi connectivity index (χ4v) is 3.07. The molecule has 0 N–H and O–H groups in total. The molecule has 1 aliphatic heterocycles. The van der Waals surface area contributed by atoms with Crippen molar-refractivity contribution in [3.63, 3.8) is 0 Å². The lowest BCUT2D eigenvalue weighted by Gasteiger charge is -2.06. The highest BCUT2D eigenvalue weighted by molar-refractivity contribution is 8.14. The van der Waals surface area contributed by atoms with Crippen molar-refractivity contribution in [2.24, 2.45) is 0 Å². The van der Waals surface area contributed by atoms with Gasteiger partial charge >= 0.3 is 0 Å². The number of hydrogen-bond donors (Lipinski definition) is 0. The van der Waals surface area contributed by atoms with Crippen LogP contribution in [0.15, 0.2) is 0 Å². The zero-order valence-electron chi connectivity index (χ0n) is 9.26. The van der Waals surface area contributed by atoms with Crippen LogP contribution in [0.3, 0.4) is 0 Å². The van der Waals surface area contributed by atoms with Crippen molar-refractivity contribution in [3.8, 4) is 0 Å². The maximum Gasteiger partial charge on any atom is 0.189 e. The smallest absolute Gasteiger partial charge is 0.189 e. The van der Waals surface area contributed by atoms with Crippen LogP contribution < -0.4 is 0 Å². The molecule has 0 radical (unpaired) electrons. The van der Waals surface area contributed by atoms with Gasteiger partial charge < -0.3 is 0 Å². The normalized spacial score (nSPS) is 21.8. The van der Waals surface area contributed by atoms with Crippen molar-refractivity contribution in [3.05, 3.63) is 0 Å². The van der Waals surface area contributed by atoms with E-state index in [2.05, 4.69) is 6.92 Å². The van der Waals surface area contributed by atoms with E-state index in [1.807, 2.05) is 0 Å². The third-order valence-corrected chi connectivity index (χ3v) is 4.12. The monoisotopic (exact) mass is 214 g/mol. The Morgan fingerprint density at radius 1 is 1.21 bits per heavy atom. The molecule has 0 aliphatic carbocycles. The lowest BCUT2D eigenvalue weighted by molar-refractivity contribution is -0.110. The van der Waals surface area contributed by atoms with Crippen molar-refractivity contribution >= 4 is 16.9 Å². The molecule has 1 atom stereocenters. The van der Waals surface area contributed by atoms with Crippen molar-refractivity contribution < 1.29 is 4.79 Å². The molecule has 0 saturated carbocycles. The van der Waals surface area contributed by atoms with E-state index >= 15 is 0 Å². The molecule has 0 aromatic heterocycles. The fourth-order valence-electron chi connectivity index (χ4n) is 1.94. The predicted molar refractivity (Wildman–Crippen MR) is 63.6 cm³/mol. The zero-order valence-corrected chi connectivity index (χ0v) is 10.1. The van der Waals surface area contributed by atoms with Crippen LogP contribution in [0, 0.1) is 0 Å². The quantitative estimate of drug-likeness (QED) is 0.592. The molecule has 2 heteroatoms. The highest BCUT2D eigenvalue weighted by atomic mass is 32.2. The van der Waals surface area contributed by atoms with Crippen LogP contribution in [0.5, 0.6) is 0 Å². The molecule has 1 unspecified atom stereocenters. The SMILES string of the molecule is CCCCCCCCC1CCC(=O)S1. The van der Waals surface area contributed by atoms with Gasteiger partial charge in [-0.2, -0.15) is 0 Å². The number of carbonyl (C=O) groups is 1. The zero-order chi connectivity index (χ0) is 10.2. The molecule has 1 rings (SSSR count). The van der Waals surface area contributed by atoms with Gasteiger partial charge in [-0.25, -0.2) is 0 Å². The minimum atomic E-state index is 0.418. The molecule has 1 saturated heterocycles. The lowest BCUT2D eigenvalue weighted by atomic mass is 10.1. The van der Waals surface area contributed by atoms with Crippen LogP contribution in [0.4, 0.5) is 0 Å². The molecule has 1 aliphatic rings. The summed E-state index contributed by atoms with van der Waals surface area (Å²) in [6.07, 6.45) is 11.4. The molecule has 14 heavy (non-hydrogen) atoms. The lowest BCUT2D eigenvalue weighted by Crippen LogP contribution is -1.95. The van der Waals surface area contributed by atoms with Gasteiger partial charge in [-0.3, -0.25) is 4.79 Å². The van der Waals surface area contributed by atoms with Crippen LogP contribution in [-0.2, 0) is 4.79 Å². The Morgan fingerprint density at radius 2 is 1.93 bits per heavy atom. The number of unbranched alkanes of at least 4 members (excludes halogenated alkanes) is 5. The van der Waals surface area contributed by atoms with Crippen LogP contribution in [-0.4, -0.2) is 10.4 Å². The Kier molecular flexibility index (Phi) is 6.33. The maximum atomic E-state index is 11.0. The Bertz CT molecular complexity index is 168. The summed E-state index contributed by atoms with van der Waals surface area (Å²) in [5, 5.41) is 1.08. The van der Waals surface area contributed by atoms with Crippen LogP contribution in [0.25, 0.3) is 0 Å². The van der Waals surface area contributed by atoms with Crippen LogP contribution >= 0.6 is 11.8 Å². The van der Waals surface area contributed by atoms with Crippen molar-refractivity contribution in [1.82, 2.24) is 0 Å². The molecular weight excluding hydrogens is 192 g/mol. The van der Waals surface area contributed by atoms with Gasteiger partial charge in [0.25, 0.3) is 0 Å². The molecule has 1 heterocycles. The van der Waals surface area contributed by atoms with Gasteiger partial charge in [-0.1, -0.05) is 57.2 Å².